The predicted molar refractivity (Wildman–Crippen MR) is 65.8 cm³/mol. The van der Waals surface area contributed by atoms with Crippen LogP contribution < -0.4 is 5.32 Å². The molecule has 1 aromatic carbocycles. The second-order valence-corrected chi connectivity index (χ2v) is 3.52. The van der Waals surface area contributed by atoms with Crippen LogP contribution in [0.5, 0.6) is 0 Å². The Hall–Kier alpha value is -1.87. The van der Waals surface area contributed by atoms with Gasteiger partial charge in [-0.2, -0.15) is 0 Å². The minimum Gasteiger partial charge on any atom is -0.347 e. The number of nitrogens with one attached hydrogen (secondary N) is 2. The Morgan fingerprint density at radius 3 is 2.88 bits per heavy atom. The number of nitrogens with zero attached hydrogens (tertiary/aromatic N) is 1. The highest BCUT2D eigenvalue weighted by Crippen LogP contribution is 2.00. The van der Waals surface area contributed by atoms with Gasteiger partial charge in [-0.15, -0.1) is 0 Å². The van der Waals surface area contributed by atoms with E-state index in [1.54, 1.807) is 6.33 Å². The van der Waals surface area contributed by atoms with Gasteiger partial charge in [0.05, 0.1) is 6.33 Å². The topological polar surface area (TPSA) is 40.7 Å². The van der Waals surface area contributed by atoms with Crippen molar-refractivity contribution in [3.8, 4) is 0 Å². The van der Waals surface area contributed by atoms with E-state index in [2.05, 4.69) is 39.6 Å². The fourth-order valence-corrected chi connectivity index (χ4v) is 1.43. The summed E-state index contributed by atoms with van der Waals surface area (Å²) in [6.07, 6.45) is 7.75. The number of imidazole rings is 1. The molecule has 0 atom stereocenters. The lowest BCUT2D eigenvalue weighted by Crippen LogP contribution is -2.12. The lowest BCUT2D eigenvalue weighted by Gasteiger charge is -1.97. The SMILES string of the molecule is C(=C\c1ccccc1)/CNCc1cnc[nH]1. The third kappa shape index (κ3) is 3.37. The zero-order valence-corrected chi connectivity index (χ0v) is 9.06. The van der Waals surface area contributed by atoms with Crippen LogP contribution in [0.3, 0.4) is 0 Å². The molecule has 2 N–H and O–H groups in total. The minimum absolute atomic E-state index is 0.819. The number of rotatable bonds is 5. The number of benzene rings is 1. The highest BCUT2D eigenvalue weighted by molar-refractivity contribution is 5.48. The summed E-state index contributed by atoms with van der Waals surface area (Å²) in [7, 11) is 0. The summed E-state index contributed by atoms with van der Waals surface area (Å²) in [5, 5.41) is 3.30. The molecule has 0 fully saturated rings. The van der Waals surface area contributed by atoms with Crippen molar-refractivity contribution in [2.75, 3.05) is 6.54 Å². The third-order valence-electron chi connectivity index (χ3n) is 2.24. The quantitative estimate of drug-likeness (QED) is 0.748. The van der Waals surface area contributed by atoms with Crippen LogP contribution in [0.4, 0.5) is 0 Å². The van der Waals surface area contributed by atoms with Gasteiger partial charge in [-0.25, -0.2) is 4.98 Å². The normalized spacial score (nSPS) is 11.0. The van der Waals surface area contributed by atoms with E-state index < -0.39 is 0 Å². The molecule has 0 spiro atoms. The highest BCUT2D eigenvalue weighted by Gasteiger charge is 1.90. The van der Waals surface area contributed by atoms with Crippen LogP contribution in [-0.2, 0) is 6.54 Å². The molecule has 0 amide bonds. The van der Waals surface area contributed by atoms with Gasteiger partial charge in [0, 0.05) is 25.0 Å². The lowest BCUT2D eigenvalue weighted by atomic mass is 10.2. The van der Waals surface area contributed by atoms with Crippen LogP contribution in [0, 0.1) is 0 Å². The Bertz CT molecular complexity index is 418. The maximum absolute atomic E-state index is 3.96. The van der Waals surface area contributed by atoms with Crippen molar-refractivity contribution >= 4 is 6.08 Å². The molecular weight excluding hydrogens is 198 g/mol. The first-order valence-corrected chi connectivity index (χ1v) is 5.35. The third-order valence-corrected chi connectivity index (χ3v) is 2.24. The molecule has 0 saturated heterocycles. The Morgan fingerprint density at radius 2 is 2.12 bits per heavy atom. The fraction of sp³-hybridized carbons (Fsp3) is 0.154. The van der Waals surface area contributed by atoms with E-state index in [9.17, 15) is 0 Å². The molecule has 0 aliphatic heterocycles. The average Bonchev–Trinajstić information content (AvgIpc) is 2.83. The van der Waals surface area contributed by atoms with Crippen molar-refractivity contribution in [1.82, 2.24) is 15.3 Å². The van der Waals surface area contributed by atoms with Crippen molar-refractivity contribution in [1.29, 1.82) is 0 Å². The summed E-state index contributed by atoms with van der Waals surface area (Å²) >= 11 is 0. The van der Waals surface area contributed by atoms with Crippen LogP contribution in [0.25, 0.3) is 6.08 Å². The Labute approximate surface area is 95.2 Å². The maximum atomic E-state index is 3.96. The van der Waals surface area contributed by atoms with Crippen molar-refractivity contribution < 1.29 is 0 Å². The number of H-pyrrole nitrogens is 1. The summed E-state index contributed by atoms with van der Waals surface area (Å²) in [6, 6.07) is 10.3. The average molecular weight is 213 g/mol. The number of aromatic amines is 1. The standard InChI is InChI=1S/C13H15N3/c1-2-5-12(6-3-1)7-4-8-14-9-13-10-15-11-16-13/h1-7,10-11,14H,8-9H2,(H,15,16)/b7-4+. The molecule has 16 heavy (non-hydrogen) atoms. The molecule has 0 aliphatic carbocycles. The first-order valence-electron chi connectivity index (χ1n) is 5.35. The molecule has 0 unspecified atom stereocenters. The van der Waals surface area contributed by atoms with Crippen LogP contribution in [0.1, 0.15) is 11.3 Å². The lowest BCUT2D eigenvalue weighted by molar-refractivity contribution is 0.745. The van der Waals surface area contributed by atoms with E-state index >= 15 is 0 Å². The number of aromatic nitrogens is 2. The van der Waals surface area contributed by atoms with Gasteiger partial charge in [-0.05, 0) is 5.56 Å². The van der Waals surface area contributed by atoms with E-state index in [0.717, 1.165) is 18.8 Å². The van der Waals surface area contributed by atoms with Gasteiger partial charge in [0.15, 0.2) is 0 Å². The van der Waals surface area contributed by atoms with Gasteiger partial charge in [0.25, 0.3) is 0 Å². The summed E-state index contributed by atoms with van der Waals surface area (Å²) in [5.41, 5.74) is 2.33. The highest BCUT2D eigenvalue weighted by atomic mass is 14.9. The Kier molecular flexibility index (Phi) is 3.91. The van der Waals surface area contributed by atoms with Crippen molar-refractivity contribution in [3.05, 3.63) is 60.2 Å². The minimum atomic E-state index is 0.819. The van der Waals surface area contributed by atoms with Crippen LogP contribution in [-0.4, -0.2) is 16.5 Å². The largest absolute Gasteiger partial charge is 0.347 e. The Morgan fingerprint density at radius 1 is 1.25 bits per heavy atom. The fourth-order valence-electron chi connectivity index (χ4n) is 1.43. The van der Waals surface area contributed by atoms with Crippen molar-refractivity contribution in [2.45, 2.75) is 6.54 Å². The molecule has 3 nitrogen and oxygen atoms in total. The molecule has 82 valence electrons. The van der Waals surface area contributed by atoms with Crippen LogP contribution in [0.15, 0.2) is 48.9 Å². The smallest absolute Gasteiger partial charge is 0.0922 e. The molecule has 0 radical (unpaired) electrons. The van der Waals surface area contributed by atoms with Gasteiger partial charge < -0.3 is 10.3 Å². The van der Waals surface area contributed by atoms with E-state index in [1.807, 2.05) is 24.4 Å². The van der Waals surface area contributed by atoms with Crippen LogP contribution >= 0.6 is 0 Å². The van der Waals surface area contributed by atoms with Gasteiger partial charge >= 0.3 is 0 Å². The molecular formula is C13H15N3. The summed E-state index contributed by atoms with van der Waals surface area (Å²) < 4.78 is 0. The summed E-state index contributed by atoms with van der Waals surface area (Å²) in [4.78, 5) is 7.00. The van der Waals surface area contributed by atoms with E-state index in [1.165, 1.54) is 5.56 Å². The zero-order valence-electron chi connectivity index (χ0n) is 9.06. The maximum Gasteiger partial charge on any atom is 0.0922 e. The predicted octanol–water partition coefficient (Wildman–Crippen LogP) is 2.21. The summed E-state index contributed by atoms with van der Waals surface area (Å²) in [5.74, 6) is 0. The van der Waals surface area contributed by atoms with E-state index in [0.29, 0.717) is 0 Å². The van der Waals surface area contributed by atoms with Crippen LogP contribution in [0.2, 0.25) is 0 Å². The zero-order chi connectivity index (χ0) is 11.1. The Balaban J connectivity index is 1.70. The number of hydrogen-bond donors (Lipinski definition) is 2. The molecule has 1 heterocycles. The van der Waals surface area contributed by atoms with Gasteiger partial charge in [0.1, 0.15) is 0 Å². The van der Waals surface area contributed by atoms with Gasteiger partial charge in [-0.1, -0.05) is 42.5 Å². The second kappa shape index (κ2) is 5.88. The molecule has 1 aromatic heterocycles. The molecule has 3 heteroatoms. The first kappa shape index (κ1) is 10.6. The van der Waals surface area contributed by atoms with Crippen molar-refractivity contribution in [2.24, 2.45) is 0 Å². The second-order valence-electron chi connectivity index (χ2n) is 3.52. The molecule has 2 rings (SSSR count). The molecule has 0 aliphatic rings. The van der Waals surface area contributed by atoms with Gasteiger partial charge in [-0.3, -0.25) is 0 Å². The summed E-state index contributed by atoms with van der Waals surface area (Å²) in [6.45, 7) is 1.67. The molecule has 0 bridgehead atoms. The first-order chi connectivity index (χ1) is 7.95. The van der Waals surface area contributed by atoms with E-state index in [4.69, 9.17) is 0 Å². The van der Waals surface area contributed by atoms with Crippen molar-refractivity contribution in [3.63, 3.8) is 0 Å². The molecule has 0 saturated carbocycles. The van der Waals surface area contributed by atoms with E-state index in [-0.39, 0.29) is 0 Å². The molecule has 2 aromatic rings. The van der Waals surface area contributed by atoms with Gasteiger partial charge in [0.2, 0.25) is 0 Å². The monoisotopic (exact) mass is 213 g/mol. The number of hydrogen-bond acceptors (Lipinski definition) is 2.